The molecule has 0 saturated heterocycles. The number of benzene rings is 1. The van der Waals surface area contributed by atoms with Crippen molar-refractivity contribution in [2.75, 3.05) is 5.32 Å². The lowest BCUT2D eigenvalue weighted by Crippen LogP contribution is -2.16. The van der Waals surface area contributed by atoms with E-state index in [1.54, 1.807) is 10.9 Å². The lowest BCUT2D eigenvalue weighted by atomic mass is 10.2. The van der Waals surface area contributed by atoms with Gasteiger partial charge in [-0.05, 0) is 43.0 Å². The normalized spacial score (nSPS) is 19.2. The van der Waals surface area contributed by atoms with E-state index in [0.717, 1.165) is 29.1 Å². The van der Waals surface area contributed by atoms with Gasteiger partial charge in [-0.2, -0.15) is 10.2 Å². The van der Waals surface area contributed by atoms with Crippen LogP contribution in [0.15, 0.2) is 48.9 Å². The van der Waals surface area contributed by atoms with Crippen LogP contribution in [0.2, 0.25) is 0 Å². The molecule has 4 rings (SSSR count). The summed E-state index contributed by atoms with van der Waals surface area (Å²) in [5.74, 6) is 0.347. The van der Waals surface area contributed by atoms with E-state index in [0.29, 0.717) is 0 Å². The second-order valence-electron chi connectivity index (χ2n) is 6.29. The summed E-state index contributed by atoms with van der Waals surface area (Å²) in [5, 5.41) is 11.6. The third-order valence-corrected chi connectivity index (χ3v) is 4.50. The Bertz CT molecular complexity index is 894. The third kappa shape index (κ3) is 2.60. The average molecular weight is 321 g/mol. The molecule has 2 heterocycles. The fourth-order valence-electron chi connectivity index (χ4n) is 3.10. The molecule has 0 radical (unpaired) electrons. The molecule has 1 fully saturated rings. The van der Waals surface area contributed by atoms with E-state index in [2.05, 4.69) is 15.5 Å². The van der Waals surface area contributed by atoms with Gasteiger partial charge < -0.3 is 5.32 Å². The van der Waals surface area contributed by atoms with E-state index < -0.39 is 0 Å². The standard InChI is InChI=1S/C18H19N5O/c1-12-7-8-19-23(12)17-6-4-3-5-16(17)21-18(24)15-9-14(15)13-10-20-22(2)11-13/h3-8,10-11,14-15H,9H2,1-2H3,(H,21,24)/t14-,15+/m0/s1. The van der Waals surface area contributed by atoms with Gasteiger partial charge in [-0.25, -0.2) is 4.68 Å². The van der Waals surface area contributed by atoms with Crippen molar-refractivity contribution in [2.24, 2.45) is 13.0 Å². The summed E-state index contributed by atoms with van der Waals surface area (Å²) in [5.41, 5.74) is 3.82. The summed E-state index contributed by atoms with van der Waals surface area (Å²) >= 11 is 0. The second-order valence-corrected chi connectivity index (χ2v) is 6.29. The molecular weight excluding hydrogens is 302 g/mol. The fourth-order valence-corrected chi connectivity index (χ4v) is 3.10. The summed E-state index contributed by atoms with van der Waals surface area (Å²) in [6.45, 7) is 1.99. The van der Waals surface area contributed by atoms with E-state index in [4.69, 9.17) is 0 Å². The number of aryl methyl sites for hydroxylation is 2. The molecular formula is C18H19N5O. The number of nitrogens with zero attached hydrogens (tertiary/aromatic N) is 4. The van der Waals surface area contributed by atoms with Crippen LogP contribution in [0.25, 0.3) is 5.69 Å². The van der Waals surface area contributed by atoms with Gasteiger partial charge >= 0.3 is 0 Å². The smallest absolute Gasteiger partial charge is 0.228 e. The van der Waals surface area contributed by atoms with Gasteiger partial charge in [-0.15, -0.1) is 0 Å². The van der Waals surface area contributed by atoms with Crippen molar-refractivity contribution in [1.29, 1.82) is 0 Å². The van der Waals surface area contributed by atoms with Crippen LogP contribution in [0.5, 0.6) is 0 Å². The predicted molar refractivity (Wildman–Crippen MR) is 91.0 cm³/mol. The molecule has 1 aliphatic rings. The quantitative estimate of drug-likeness (QED) is 0.803. The van der Waals surface area contributed by atoms with Crippen LogP contribution < -0.4 is 5.32 Å². The number of hydrogen-bond acceptors (Lipinski definition) is 3. The summed E-state index contributed by atoms with van der Waals surface area (Å²) in [6.07, 6.45) is 6.46. The third-order valence-electron chi connectivity index (χ3n) is 4.50. The molecule has 3 aromatic rings. The van der Waals surface area contributed by atoms with Crippen LogP contribution in [-0.4, -0.2) is 25.5 Å². The van der Waals surface area contributed by atoms with Gasteiger partial charge in [-0.3, -0.25) is 9.48 Å². The minimum atomic E-state index is 0.0148. The lowest BCUT2D eigenvalue weighted by molar-refractivity contribution is -0.117. The number of para-hydroxylation sites is 2. The summed E-state index contributed by atoms with van der Waals surface area (Å²) < 4.78 is 3.61. The Morgan fingerprint density at radius 1 is 1.25 bits per heavy atom. The van der Waals surface area contributed by atoms with Crippen molar-refractivity contribution < 1.29 is 4.79 Å². The maximum Gasteiger partial charge on any atom is 0.228 e. The summed E-state index contributed by atoms with van der Waals surface area (Å²) in [6, 6.07) is 9.68. The molecule has 1 N–H and O–H groups in total. The van der Waals surface area contributed by atoms with Crippen molar-refractivity contribution in [3.05, 3.63) is 60.2 Å². The zero-order valence-corrected chi connectivity index (χ0v) is 13.7. The van der Waals surface area contributed by atoms with Crippen LogP contribution in [0.3, 0.4) is 0 Å². The molecule has 1 saturated carbocycles. The van der Waals surface area contributed by atoms with E-state index in [-0.39, 0.29) is 17.7 Å². The molecule has 0 unspecified atom stereocenters. The summed E-state index contributed by atoms with van der Waals surface area (Å²) in [4.78, 5) is 12.6. The highest BCUT2D eigenvalue weighted by atomic mass is 16.2. The van der Waals surface area contributed by atoms with Gasteiger partial charge in [0, 0.05) is 31.1 Å². The number of nitrogens with one attached hydrogen (secondary N) is 1. The van der Waals surface area contributed by atoms with Gasteiger partial charge in [0.1, 0.15) is 0 Å². The molecule has 2 atom stereocenters. The number of hydrogen-bond donors (Lipinski definition) is 1. The second kappa shape index (κ2) is 5.63. The minimum absolute atomic E-state index is 0.0148. The number of amides is 1. The Morgan fingerprint density at radius 2 is 2.08 bits per heavy atom. The largest absolute Gasteiger partial charge is 0.324 e. The molecule has 1 aromatic carbocycles. The van der Waals surface area contributed by atoms with Crippen LogP contribution in [-0.2, 0) is 11.8 Å². The Balaban J connectivity index is 1.52. The first-order valence-electron chi connectivity index (χ1n) is 8.03. The van der Waals surface area contributed by atoms with Crippen molar-refractivity contribution in [3.63, 3.8) is 0 Å². The summed E-state index contributed by atoms with van der Waals surface area (Å²) in [7, 11) is 1.89. The number of anilines is 1. The van der Waals surface area contributed by atoms with Crippen LogP contribution in [0, 0.1) is 12.8 Å². The zero-order chi connectivity index (χ0) is 16.7. The zero-order valence-electron chi connectivity index (χ0n) is 13.7. The topological polar surface area (TPSA) is 64.7 Å². The average Bonchev–Trinajstić information content (AvgIpc) is 3.09. The predicted octanol–water partition coefficient (Wildman–Crippen LogP) is 2.66. The van der Waals surface area contributed by atoms with Crippen molar-refractivity contribution >= 4 is 11.6 Å². The highest BCUT2D eigenvalue weighted by Crippen LogP contribution is 2.47. The van der Waals surface area contributed by atoms with Gasteiger partial charge in [0.25, 0.3) is 0 Å². The molecule has 24 heavy (non-hydrogen) atoms. The van der Waals surface area contributed by atoms with Crippen LogP contribution >= 0.6 is 0 Å². The van der Waals surface area contributed by atoms with Crippen molar-refractivity contribution in [1.82, 2.24) is 19.6 Å². The first-order chi connectivity index (χ1) is 11.6. The van der Waals surface area contributed by atoms with E-state index >= 15 is 0 Å². The van der Waals surface area contributed by atoms with Crippen molar-refractivity contribution in [3.8, 4) is 5.69 Å². The molecule has 2 aromatic heterocycles. The van der Waals surface area contributed by atoms with Crippen LogP contribution in [0.4, 0.5) is 5.69 Å². The molecule has 1 aliphatic carbocycles. The van der Waals surface area contributed by atoms with E-state index in [1.807, 2.05) is 61.4 Å². The Labute approximate surface area is 140 Å². The Kier molecular flexibility index (Phi) is 3.45. The van der Waals surface area contributed by atoms with Gasteiger partial charge in [-0.1, -0.05) is 12.1 Å². The molecule has 6 nitrogen and oxygen atoms in total. The van der Waals surface area contributed by atoms with Gasteiger partial charge in [0.15, 0.2) is 0 Å². The maximum absolute atomic E-state index is 12.6. The van der Waals surface area contributed by atoms with Gasteiger partial charge in [0.05, 0.1) is 17.6 Å². The molecule has 122 valence electrons. The van der Waals surface area contributed by atoms with Crippen molar-refractivity contribution in [2.45, 2.75) is 19.3 Å². The maximum atomic E-state index is 12.6. The van der Waals surface area contributed by atoms with Crippen LogP contribution in [0.1, 0.15) is 23.6 Å². The molecule has 0 aliphatic heterocycles. The SMILES string of the molecule is Cc1ccnn1-c1ccccc1NC(=O)[C@@H]1C[C@H]1c1cnn(C)c1. The lowest BCUT2D eigenvalue weighted by Gasteiger charge is -2.12. The highest BCUT2D eigenvalue weighted by molar-refractivity contribution is 5.96. The number of aromatic nitrogens is 4. The molecule has 1 amide bonds. The minimum Gasteiger partial charge on any atom is -0.324 e. The molecule has 6 heteroatoms. The molecule has 0 spiro atoms. The highest BCUT2D eigenvalue weighted by Gasteiger charge is 2.44. The Morgan fingerprint density at radius 3 is 2.79 bits per heavy atom. The molecule has 0 bridgehead atoms. The first kappa shape index (κ1) is 14.7. The Hall–Kier alpha value is -2.89. The number of rotatable bonds is 4. The fraction of sp³-hybridized carbons (Fsp3) is 0.278. The van der Waals surface area contributed by atoms with Gasteiger partial charge in [0.2, 0.25) is 5.91 Å². The monoisotopic (exact) mass is 321 g/mol. The van der Waals surface area contributed by atoms with E-state index in [1.165, 1.54) is 0 Å². The number of carbonyl (C=O) groups is 1. The van der Waals surface area contributed by atoms with E-state index in [9.17, 15) is 4.79 Å². The number of carbonyl (C=O) groups excluding carboxylic acids is 1. The first-order valence-corrected chi connectivity index (χ1v) is 8.03.